The van der Waals surface area contributed by atoms with Gasteiger partial charge in [0.2, 0.25) is 0 Å². The molecule has 0 spiro atoms. The van der Waals surface area contributed by atoms with Crippen molar-refractivity contribution in [1.82, 2.24) is 0 Å². The summed E-state index contributed by atoms with van der Waals surface area (Å²) in [5.74, 6) is 0.429. The zero-order valence-corrected chi connectivity index (χ0v) is 18.5. The number of hydrogen-bond donors (Lipinski definition) is 1. The number of carbonyl (C=O) groups is 1. The third-order valence-electron chi connectivity index (χ3n) is 5.48. The summed E-state index contributed by atoms with van der Waals surface area (Å²) >= 11 is 3.25. The number of ketones is 1. The number of para-hydroxylation sites is 2. The summed E-state index contributed by atoms with van der Waals surface area (Å²) in [7, 11) is 0. The number of Topliss-reactive ketones (excluding diaryl/α,β-unsaturated/α-hetero) is 1. The Hall–Kier alpha value is -3.09. The molecule has 7 nitrogen and oxygen atoms in total. The molecule has 2 aliphatic rings. The van der Waals surface area contributed by atoms with Gasteiger partial charge < -0.3 is 5.73 Å². The van der Waals surface area contributed by atoms with Gasteiger partial charge in [0, 0.05) is 23.8 Å². The van der Waals surface area contributed by atoms with E-state index in [1.54, 1.807) is 46.2 Å². The fourth-order valence-corrected chi connectivity index (χ4v) is 6.32. The van der Waals surface area contributed by atoms with Crippen molar-refractivity contribution in [3.8, 4) is 6.07 Å². The Balaban J connectivity index is 1.99. The van der Waals surface area contributed by atoms with E-state index in [0.29, 0.717) is 30.5 Å². The molecule has 0 unspecified atom stereocenters. The van der Waals surface area contributed by atoms with Crippen molar-refractivity contribution in [2.75, 3.05) is 10.7 Å². The maximum absolute atomic E-state index is 13.2. The predicted octanol–water partition coefficient (Wildman–Crippen LogP) is 5.07. The number of benzene rings is 1. The van der Waals surface area contributed by atoms with E-state index in [1.807, 2.05) is 11.4 Å². The number of nitro benzene ring substituents is 1. The van der Waals surface area contributed by atoms with Crippen molar-refractivity contribution in [2.24, 2.45) is 5.73 Å². The molecule has 0 fully saturated rings. The van der Waals surface area contributed by atoms with Crippen molar-refractivity contribution in [1.29, 1.82) is 5.26 Å². The molecule has 0 radical (unpaired) electrons. The minimum Gasteiger partial charge on any atom is -0.384 e. The third kappa shape index (κ3) is 3.52. The highest BCUT2D eigenvalue weighted by molar-refractivity contribution is 8.01. The van der Waals surface area contributed by atoms with Gasteiger partial charge in [-0.1, -0.05) is 19.1 Å². The lowest BCUT2D eigenvalue weighted by molar-refractivity contribution is -0.384. The summed E-state index contributed by atoms with van der Waals surface area (Å²) in [6.45, 7) is 2.05. The van der Waals surface area contributed by atoms with Gasteiger partial charge >= 0.3 is 0 Å². The van der Waals surface area contributed by atoms with Gasteiger partial charge in [-0.3, -0.25) is 19.8 Å². The second kappa shape index (κ2) is 8.57. The van der Waals surface area contributed by atoms with Crippen LogP contribution in [0.4, 0.5) is 11.4 Å². The molecule has 0 saturated carbocycles. The van der Waals surface area contributed by atoms with Crippen molar-refractivity contribution in [3.05, 3.63) is 74.1 Å². The van der Waals surface area contributed by atoms with Gasteiger partial charge in [0.05, 0.1) is 26.7 Å². The Morgan fingerprint density at radius 1 is 1.35 bits per heavy atom. The molecular formula is C22H20N4O3S2. The van der Waals surface area contributed by atoms with Crippen LogP contribution in [0.5, 0.6) is 0 Å². The lowest BCUT2D eigenvalue weighted by atomic mass is 9.76. The van der Waals surface area contributed by atoms with Crippen molar-refractivity contribution < 1.29 is 9.72 Å². The number of nitriles is 1. The Bertz CT molecular complexity index is 1180. The number of allylic oxidation sites excluding steroid dienone is 3. The quantitative estimate of drug-likeness (QED) is 0.382. The van der Waals surface area contributed by atoms with Crippen LogP contribution in [0.15, 0.2) is 62.6 Å². The normalized spacial score (nSPS) is 18.8. The molecule has 2 aromatic rings. The zero-order valence-electron chi connectivity index (χ0n) is 16.8. The van der Waals surface area contributed by atoms with Crippen LogP contribution in [-0.2, 0) is 4.79 Å². The first kappa shape index (κ1) is 21.2. The van der Waals surface area contributed by atoms with Gasteiger partial charge in [-0.15, -0.1) is 23.1 Å². The minimum atomic E-state index is -0.549. The molecule has 31 heavy (non-hydrogen) atoms. The maximum Gasteiger partial charge on any atom is 0.293 e. The van der Waals surface area contributed by atoms with E-state index < -0.39 is 10.8 Å². The molecule has 158 valence electrons. The van der Waals surface area contributed by atoms with Crippen molar-refractivity contribution in [2.45, 2.75) is 36.3 Å². The van der Waals surface area contributed by atoms with Crippen LogP contribution in [0.25, 0.3) is 0 Å². The van der Waals surface area contributed by atoms with E-state index in [-0.39, 0.29) is 28.6 Å². The molecule has 1 aromatic carbocycles. The monoisotopic (exact) mass is 452 g/mol. The third-order valence-corrected chi connectivity index (χ3v) is 7.63. The van der Waals surface area contributed by atoms with Crippen LogP contribution in [0.3, 0.4) is 0 Å². The summed E-state index contributed by atoms with van der Waals surface area (Å²) in [5, 5.41) is 23.7. The molecule has 0 bridgehead atoms. The van der Waals surface area contributed by atoms with Crippen LogP contribution in [0, 0.1) is 21.4 Å². The molecule has 1 aromatic heterocycles. The average Bonchev–Trinajstić information content (AvgIpc) is 3.21. The smallest absolute Gasteiger partial charge is 0.293 e. The number of nitrogens with two attached hydrogens (primary N) is 1. The summed E-state index contributed by atoms with van der Waals surface area (Å²) in [4.78, 5) is 25.9. The number of anilines is 1. The molecule has 9 heteroatoms. The van der Waals surface area contributed by atoms with Gasteiger partial charge in [0.1, 0.15) is 11.5 Å². The van der Waals surface area contributed by atoms with Gasteiger partial charge in [0.15, 0.2) is 5.78 Å². The summed E-state index contributed by atoms with van der Waals surface area (Å²) in [6, 6.07) is 10.4. The standard InChI is InChI=1S/C22H20N4O3S2/c1-2-30-22-13(10-11-31-22)19-14(12-23)21(24)25(17-8-5-9-18(27)20(17)19)15-6-3-4-7-16(15)26(28)29/h3-4,6-7,10-11,19H,2,5,8-9,24H2,1H3/t19-/m0/s1. The van der Waals surface area contributed by atoms with Gasteiger partial charge in [0.25, 0.3) is 5.69 Å². The molecular weight excluding hydrogens is 432 g/mol. The van der Waals surface area contributed by atoms with Crippen LogP contribution in [0.2, 0.25) is 0 Å². The number of nitro groups is 1. The molecule has 0 amide bonds. The topological polar surface area (TPSA) is 113 Å². The van der Waals surface area contributed by atoms with Crippen LogP contribution in [0.1, 0.15) is 37.7 Å². The molecule has 0 saturated heterocycles. The second-order valence-electron chi connectivity index (χ2n) is 7.16. The highest BCUT2D eigenvalue weighted by Crippen LogP contribution is 2.50. The number of rotatable bonds is 5. The number of carbonyl (C=O) groups excluding carboxylic acids is 1. The summed E-state index contributed by atoms with van der Waals surface area (Å²) < 4.78 is 1.05. The number of nitrogens with zero attached hydrogens (tertiary/aromatic N) is 3. The summed E-state index contributed by atoms with van der Waals surface area (Å²) in [6.07, 6.45) is 1.58. The Labute approximate surface area is 188 Å². The Kier molecular flexibility index (Phi) is 5.85. The summed E-state index contributed by atoms with van der Waals surface area (Å²) in [5.41, 5.74) is 9.02. The van der Waals surface area contributed by atoms with E-state index in [0.717, 1.165) is 15.5 Å². The molecule has 1 aliphatic heterocycles. The van der Waals surface area contributed by atoms with Crippen LogP contribution < -0.4 is 10.6 Å². The minimum absolute atomic E-state index is 0.0336. The van der Waals surface area contributed by atoms with E-state index in [1.165, 1.54) is 6.07 Å². The molecule has 1 atom stereocenters. The second-order valence-corrected chi connectivity index (χ2v) is 9.61. The zero-order chi connectivity index (χ0) is 22.1. The van der Waals surface area contributed by atoms with Gasteiger partial charge in [-0.25, -0.2) is 0 Å². The van der Waals surface area contributed by atoms with Crippen molar-refractivity contribution in [3.63, 3.8) is 0 Å². The van der Waals surface area contributed by atoms with Crippen LogP contribution in [-0.4, -0.2) is 16.5 Å². The maximum atomic E-state index is 13.2. The fourth-order valence-electron chi connectivity index (χ4n) is 4.25. The first-order valence-corrected chi connectivity index (χ1v) is 11.8. The average molecular weight is 453 g/mol. The first-order chi connectivity index (χ1) is 15.0. The number of thioether (sulfide) groups is 1. The first-order valence-electron chi connectivity index (χ1n) is 9.89. The number of thiophene rings is 1. The Morgan fingerprint density at radius 2 is 2.13 bits per heavy atom. The van der Waals surface area contributed by atoms with E-state index in [9.17, 15) is 20.2 Å². The lowest BCUT2D eigenvalue weighted by Gasteiger charge is -2.39. The number of hydrogen-bond acceptors (Lipinski definition) is 8. The predicted molar refractivity (Wildman–Crippen MR) is 122 cm³/mol. The SMILES string of the molecule is CCSc1sccc1[C@H]1C(C#N)=C(N)N(c2ccccc2[N+](=O)[O-])C2=C1C(=O)CCC2. The highest BCUT2D eigenvalue weighted by Gasteiger charge is 2.42. The lowest BCUT2D eigenvalue weighted by Crippen LogP contribution is -2.39. The van der Waals surface area contributed by atoms with E-state index >= 15 is 0 Å². The van der Waals surface area contributed by atoms with E-state index in [4.69, 9.17) is 5.73 Å². The molecule has 2 N–H and O–H groups in total. The molecule has 4 rings (SSSR count). The molecule has 1 aliphatic carbocycles. The van der Waals surface area contributed by atoms with Crippen LogP contribution >= 0.6 is 23.1 Å². The van der Waals surface area contributed by atoms with Crippen molar-refractivity contribution >= 4 is 40.3 Å². The molecule has 2 heterocycles. The van der Waals surface area contributed by atoms with Gasteiger partial charge in [-0.05, 0) is 41.7 Å². The van der Waals surface area contributed by atoms with E-state index in [2.05, 4.69) is 13.0 Å². The fraction of sp³-hybridized carbons (Fsp3) is 0.273. The van der Waals surface area contributed by atoms with Gasteiger partial charge in [-0.2, -0.15) is 5.26 Å². The largest absolute Gasteiger partial charge is 0.384 e. The Morgan fingerprint density at radius 3 is 2.84 bits per heavy atom. The highest BCUT2D eigenvalue weighted by atomic mass is 32.2.